The molecule has 1 aromatic heterocycles. The van der Waals surface area contributed by atoms with Crippen LogP contribution in [0.1, 0.15) is 16.9 Å². The van der Waals surface area contributed by atoms with E-state index < -0.39 is 0 Å². The van der Waals surface area contributed by atoms with E-state index in [1.807, 2.05) is 17.4 Å². The zero-order valence-electron chi connectivity index (χ0n) is 10.0. The van der Waals surface area contributed by atoms with Crippen molar-refractivity contribution in [3.05, 3.63) is 44.6 Å². The van der Waals surface area contributed by atoms with Gasteiger partial charge in [0.1, 0.15) is 0 Å². The van der Waals surface area contributed by atoms with E-state index >= 15 is 0 Å². The maximum Gasteiger partial charge on any atom is 0.0523 e. The molecule has 0 saturated heterocycles. The fraction of sp³-hybridized carbons (Fsp3) is 0.286. The second-order valence-corrected chi connectivity index (χ2v) is 6.56. The first-order valence-corrected chi connectivity index (χ1v) is 7.76. The molecule has 0 saturated carbocycles. The van der Waals surface area contributed by atoms with Crippen LogP contribution in [0, 0.1) is 0 Å². The van der Waals surface area contributed by atoms with Crippen molar-refractivity contribution in [2.75, 3.05) is 17.2 Å². The van der Waals surface area contributed by atoms with Crippen LogP contribution in [0.25, 0.3) is 0 Å². The van der Waals surface area contributed by atoms with Gasteiger partial charge in [-0.2, -0.15) is 0 Å². The highest BCUT2D eigenvalue weighted by Gasteiger charge is 2.17. The SMILES string of the molecule is Nc1ccc2c(c1)CCCN2Cc1cc(Br)cs1. The molecule has 3 rings (SSSR count). The molecule has 1 aromatic carbocycles. The smallest absolute Gasteiger partial charge is 0.0523 e. The molecule has 0 aliphatic carbocycles. The van der Waals surface area contributed by atoms with Gasteiger partial charge in [0.2, 0.25) is 0 Å². The van der Waals surface area contributed by atoms with Crippen molar-refractivity contribution in [3.8, 4) is 0 Å². The van der Waals surface area contributed by atoms with Crippen molar-refractivity contribution in [1.82, 2.24) is 0 Å². The zero-order valence-corrected chi connectivity index (χ0v) is 12.4. The lowest BCUT2D eigenvalue weighted by Gasteiger charge is -2.31. The number of anilines is 2. The number of nitrogens with zero attached hydrogens (tertiary/aromatic N) is 1. The van der Waals surface area contributed by atoms with Gasteiger partial charge in [-0.25, -0.2) is 0 Å². The van der Waals surface area contributed by atoms with Gasteiger partial charge in [-0.3, -0.25) is 0 Å². The normalized spacial score (nSPS) is 14.6. The fourth-order valence-corrected chi connectivity index (χ4v) is 3.95. The predicted molar refractivity (Wildman–Crippen MR) is 82.2 cm³/mol. The molecule has 0 unspecified atom stereocenters. The van der Waals surface area contributed by atoms with Gasteiger partial charge in [-0.15, -0.1) is 11.3 Å². The summed E-state index contributed by atoms with van der Waals surface area (Å²) in [5.41, 5.74) is 9.46. The van der Waals surface area contributed by atoms with E-state index in [-0.39, 0.29) is 0 Å². The molecule has 94 valence electrons. The maximum atomic E-state index is 5.86. The number of halogens is 1. The summed E-state index contributed by atoms with van der Waals surface area (Å²) in [6, 6.07) is 8.48. The van der Waals surface area contributed by atoms with Crippen LogP contribution in [0.2, 0.25) is 0 Å². The van der Waals surface area contributed by atoms with Crippen LogP contribution in [0.15, 0.2) is 34.1 Å². The Morgan fingerprint density at radius 3 is 3.00 bits per heavy atom. The summed E-state index contributed by atoms with van der Waals surface area (Å²) in [7, 11) is 0. The van der Waals surface area contributed by atoms with Crippen molar-refractivity contribution >= 4 is 38.6 Å². The number of hydrogen-bond acceptors (Lipinski definition) is 3. The first-order chi connectivity index (χ1) is 8.72. The molecule has 0 spiro atoms. The second-order valence-electron chi connectivity index (χ2n) is 4.64. The number of aryl methyl sites for hydroxylation is 1. The molecule has 1 aliphatic rings. The second kappa shape index (κ2) is 4.94. The summed E-state index contributed by atoms with van der Waals surface area (Å²) in [6.07, 6.45) is 2.36. The summed E-state index contributed by atoms with van der Waals surface area (Å²) >= 11 is 5.32. The van der Waals surface area contributed by atoms with Gasteiger partial charge < -0.3 is 10.6 Å². The summed E-state index contributed by atoms with van der Waals surface area (Å²) in [5.74, 6) is 0. The van der Waals surface area contributed by atoms with Crippen molar-refractivity contribution in [2.24, 2.45) is 0 Å². The Morgan fingerprint density at radius 2 is 2.22 bits per heavy atom. The Bertz CT molecular complexity index is 565. The van der Waals surface area contributed by atoms with Gasteiger partial charge in [0.25, 0.3) is 0 Å². The molecule has 1 aliphatic heterocycles. The van der Waals surface area contributed by atoms with E-state index in [2.05, 4.69) is 44.4 Å². The molecule has 2 heterocycles. The van der Waals surface area contributed by atoms with E-state index in [9.17, 15) is 0 Å². The van der Waals surface area contributed by atoms with E-state index in [1.165, 1.54) is 27.0 Å². The first-order valence-electron chi connectivity index (χ1n) is 6.08. The lowest BCUT2D eigenvalue weighted by atomic mass is 10.0. The Labute approximate surface area is 120 Å². The number of benzene rings is 1. The molecule has 0 bridgehead atoms. The van der Waals surface area contributed by atoms with E-state index in [0.717, 1.165) is 25.2 Å². The van der Waals surface area contributed by atoms with Gasteiger partial charge in [-0.1, -0.05) is 0 Å². The largest absolute Gasteiger partial charge is 0.399 e. The minimum Gasteiger partial charge on any atom is -0.399 e. The standard InChI is InChI=1S/C14H15BrN2S/c15-11-7-13(18-9-11)8-17-5-1-2-10-6-12(16)3-4-14(10)17/h3-4,6-7,9H,1-2,5,8,16H2. The lowest BCUT2D eigenvalue weighted by molar-refractivity contribution is 0.695. The number of thiophene rings is 1. The van der Waals surface area contributed by atoms with Crippen molar-refractivity contribution in [2.45, 2.75) is 19.4 Å². The molecule has 0 amide bonds. The average Bonchev–Trinajstić information content (AvgIpc) is 2.75. The molecule has 0 fully saturated rings. The highest BCUT2D eigenvalue weighted by atomic mass is 79.9. The Kier molecular flexibility index (Phi) is 3.31. The Balaban J connectivity index is 1.87. The monoisotopic (exact) mass is 322 g/mol. The van der Waals surface area contributed by atoms with Crippen LogP contribution < -0.4 is 10.6 Å². The molecule has 2 N–H and O–H groups in total. The third-order valence-corrected chi connectivity index (χ3v) is 4.97. The van der Waals surface area contributed by atoms with E-state index in [4.69, 9.17) is 5.73 Å². The molecule has 2 aromatic rings. The van der Waals surface area contributed by atoms with E-state index in [0.29, 0.717) is 0 Å². The zero-order chi connectivity index (χ0) is 12.5. The third kappa shape index (κ3) is 2.40. The van der Waals surface area contributed by atoms with Gasteiger partial charge in [0, 0.05) is 32.6 Å². The molecule has 0 radical (unpaired) electrons. The topological polar surface area (TPSA) is 29.3 Å². The van der Waals surface area contributed by atoms with Crippen molar-refractivity contribution < 1.29 is 0 Å². The minimum absolute atomic E-state index is 0.870. The molecule has 18 heavy (non-hydrogen) atoms. The quantitative estimate of drug-likeness (QED) is 0.845. The molecule has 4 heteroatoms. The van der Waals surface area contributed by atoms with Crippen LogP contribution >= 0.6 is 27.3 Å². The Hall–Kier alpha value is -1.000. The molecular formula is C14H15BrN2S. The third-order valence-electron chi connectivity index (χ3n) is 3.29. The van der Waals surface area contributed by atoms with Crippen molar-refractivity contribution in [3.63, 3.8) is 0 Å². The minimum atomic E-state index is 0.870. The highest BCUT2D eigenvalue weighted by molar-refractivity contribution is 9.10. The predicted octanol–water partition coefficient (Wildman–Crippen LogP) is 4.05. The molecule has 0 atom stereocenters. The van der Waals surface area contributed by atoms with Crippen molar-refractivity contribution in [1.29, 1.82) is 0 Å². The summed E-state index contributed by atoms with van der Waals surface area (Å²) in [5, 5.41) is 2.14. The number of nitrogen functional groups attached to an aromatic ring is 1. The molecule has 2 nitrogen and oxygen atoms in total. The fourth-order valence-electron chi connectivity index (χ4n) is 2.48. The maximum absolute atomic E-state index is 5.86. The van der Waals surface area contributed by atoms with Crippen LogP contribution in [-0.4, -0.2) is 6.54 Å². The highest BCUT2D eigenvalue weighted by Crippen LogP contribution is 2.31. The number of hydrogen-bond donors (Lipinski definition) is 1. The van der Waals surface area contributed by atoms with Gasteiger partial charge in [0.05, 0.1) is 6.54 Å². The summed E-state index contributed by atoms with van der Waals surface area (Å²) < 4.78 is 1.18. The van der Waals surface area contributed by atoms with E-state index in [1.54, 1.807) is 0 Å². The average molecular weight is 323 g/mol. The lowest BCUT2D eigenvalue weighted by Crippen LogP contribution is -2.28. The van der Waals surface area contributed by atoms with Gasteiger partial charge in [0.15, 0.2) is 0 Å². The summed E-state index contributed by atoms with van der Waals surface area (Å²) in [4.78, 5) is 3.85. The van der Waals surface area contributed by atoms with Gasteiger partial charge >= 0.3 is 0 Å². The first kappa shape index (κ1) is 12.1. The van der Waals surface area contributed by atoms with Crippen LogP contribution in [0.4, 0.5) is 11.4 Å². The molecular weight excluding hydrogens is 308 g/mol. The van der Waals surface area contributed by atoms with Crippen LogP contribution in [0.5, 0.6) is 0 Å². The number of nitrogens with two attached hydrogens (primary N) is 1. The number of rotatable bonds is 2. The Morgan fingerprint density at radius 1 is 1.33 bits per heavy atom. The van der Waals surface area contributed by atoms with Crippen LogP contribution in [-0.2, 0) is 13.0 Å². The van der Waals surface area contributed by atoms with Crippen LogP contribution in [0.3, 0.4) is 0 Å². The summed E-state index contributed by atoms with van der Waals surface area (Å²) in [6.45, 7) is 2.12. The van der Waals surface area contributed by atoms with Gasteiger partial charge in [-0.05, 0) is 58.6 Å². The number of fused-ring (bicyclic) bond motifs is 1.